The topological polar surface area (TPSA) is 156 Å². The van der Waals surface area contributed by atoms with Gasteiger partial charge in [0.1, 0.15) is 10.5 Å². The molecule has 0 saturated carbocycles. The molecule has 212 valence electrons. The second-order valence-electron chi connectivity index (χ2n) is 11.6. The van der Waals surface area contributed by atoms with Crippen molar-refractivity contribution in [2.24, 2.45) is 0 Å². The van der Waals surface area contributed by atoms with Crippen LogP contribution >= 0.6 is 0 Å². The van der Waals surface area contributed by atoms with Crippen LogP contribution in [-0.4, -0.2) is 55.6 Å². The van der Waals surface area contributed by atoms with Gasteiger partial charge in [-0.3, -0.25) is 0 Å². The first-order valence-electron chi connectivity index (χ1n) is 13.5. The van der Waals surface area contributed by atoms with Crippen molar-refractivity contribution < 1.29 is 27.4 Å². The Morgan fingerprint density at radius 1 is 1.00 bits per heavy atom. The van der Waals surface area contributed by atoms with Gasteiger partial charge in [-0.15, -0.1) is 0 Å². The molecular formula is C27H32N6O6S. The van der Waals surface area contributed by atoms with Gasteiger partial charge in [-0.05, 0) is 104 Å². The fourth-order valence-corrected chi connectivity index (χ4v) is 6.87. The van der Waals surface area contributed by atoms with E-state index in [1.54, 1.807) is 26.8 Å². The van der Waals surface area contributed by atoms with Crippen LogP contribution in [0.3, 0.4) is 0 Å². The molecule has 1 aliphatic heterocycles. The fourth-order valence-electron chi connectivity index (χ4n) is 5.83. The molecule has 1 fully saturated rings. The molecule has 2 heterocycles. The molecule has 13 heteroatoms. The van der Waals surface area contributed by atoms with Crippen LogP contribution < -0.4 is 20.3 Å². The normalized spacial score (nSPS) is 16.8. The summed E-state index contributed by atoms with van der Waals surface area (Å²) in [5, 5.41) is 13.4. The van der Waals surface area contributed by atoms with Gasteiger partial charge in [0.15, 0.2) is 11.0 Å². The van der Waals surface area contributed by atoms with Gasteiger partial charge in [0.25, 0.3) is 10.0 Å². The molecule has 3 aromatic rings. The van der Waals surface area contributed by atoms with Gasteiger partial charge in [-0.1, -0.05) is 6.07 Å². The van der Waals surface area contributed by atoms with Crippen molar-refractivity contribution in [1.29, 1.82) is 0 Å². The van der Waals surface area contributed by atoms with Crippen LogP contribution in [0.2, 0.25) is 0 Å². The fraction of sp³-hybridized carbons (Fsp3) is 0.481. The molecule has 3 N–H and O–H groups in total. The minimum absolute atomic E-state index is 0.0165. The molecule has 0 bridgehead atoms. The third-order valence-electron chi connectivity index (χ3n) is 7.53. The average Bonchev–Trinajstić information content (AvgIpc) is 3.59. The number of amides is 3. The Bertz CT molecular complexity index is 1590. The predicted molar refractivity (Wildman–Crippen MR) is 147 cm³/mol. The molecular weight excluding hydrogens is 536 g/mol. The molecule has 0 atom stereocenters. The molecule has 3 aliphatic rings. The average molecular weight is 569 g/mol. The maximum atomic E-state index is 13.3. The Kier molecular flexibility index (Phi) is 6.36. The molecule has 1 saturated heterocycles. The van der Waals surface area contributed by atoms with Crippen molar-refractivity contribution in [1.82, 2.24) is 20.4 Å². The number of benzene rings is 2. The number of hydrogen-bond donors (Lipinski definition) is 3. The van der Waals surface area contributed by atoms with E-state index >= 15 is 0 Å². The van der Waals surface area contributed by atoms with Crippen molar-refractivity contribution in [2.45, 2.75) is 75.8 Å². The number of carbonyl (C=O) groups excluding carboxylic acids is 2. The predicted octanol–water partition coefficient (Wildman–Crippen LogP) is 3.42. The van der Waals surface area contributed by atoms with E-state index in [4.69, 9.17) is 9.37 Å². The number of alkyl carbamates (subject to hydrolysis) is 1. The van der Waals surface area contributed by atoms with Gasteiger partial charge >= 0.3 is 12.1 Å². The number of rotatable bonds is 5. The number of carbonyl (C=O) groups is 2. The second kappa shape index (κ2) is 9.65. The van der Waals surface area contributed by atoms with E-state index in [0.717, 1.165) is 55.3 Å². The van der Waals surface area contributed by atoms with Gasteiger partial charge in [-0.25, -0.2) is 27.4 Å². The van der Waals surface area contributed by atoms with Gasteiger partial charge in [0.05, 0.1) is 11.7 Å². The molecule has 12 nitrogen and oxygen atoms in total. The van der Waals surface area contributed by atoms with Crippen LogP contribution in [0.15, 0.2) is 27.7 Å². The molecule has 2 aromatic carbocycles. The van der Waals surface area contributed by atoms with Crippen molar-refractivity contribution >= 4 is 44.6 Å². The first-order valence-corrected chi connectivity index (χ1v) is 15.0. The standard InChI is InChI=1S/C27H32N6O6S/c1-27(2,3)38-26(35)28-17-13-33(14-17)20-10-11-21(24-23(20)30-39-31-24)40(36,37)32-25(34)29-22-18-8-4-6-15(18)12-16-7-5-9-19(16)22/h10-12,17H,4-9,13-14H2,1-3H3,(H,28,35)(H2,29,32,34). The first kappa shape index (κ1) is 26.4. The molecule has 3 amide bonds. The Balaban J connectivity index is 1.17. The van der Waals surface area contributed by atoms with Crippen molar-refractivity contribution in [3.05, 3.63) is 40.5 Å². The molecule has 40 heavy (non-hydrogen) atoms. The zero-order chi connectivity index (χ0) is 28.2. The highest BCUT2D eigenvalue weighted by Crippen LogP contribution is 2.39. The number of fused-ring (bicyclic) bond motifs is 3. The number of anilines is 2. The monoisotopic (exact) mass is 568 g/mol. The molecule has 0 spiro atoms. The van der Waals surface area contributed by atoms with Crippen LogP contribution in [0.4, 0.5) is 21.0 Å². The molecule has 1 aromatic heterocycles. The highest BCUT2D eigenvalue weighted by Gasteiger charge is 2.34. The maximum absolute atomic E-state index is 13.3. The summed E-state index contributed by atoms with van der Waals surface area (Å²) in [6.45, 7) is 6.32. The first-order chi connectivity index (χ1) is 19.0. The van der Waals surface area contributed by atoms with Crippen molar-refractivity contribution in [2.75, 3.05) is 23.3 Å². The lowest BCUT2D eigenvalue weighted by molar-refractivity contribution is 0.0496. The van der Waals surface area contributed by atoms with E-state index in [9.17, 15) is 18.0 Å². The molecule has 0 unspecified atom stereocenters. The van der Waals surface area contributed by atoms with Crippen molar-refractivity contribution in [3.8, 4) is 0 Å². The highest BCUT2D eigenvalue weighted by molar-refractivity contribution is 7.90. The van der Waals surface area contributed by atoms with E-state index in [2.05, 4.69) is 31.7 Å². The van der Waals surface area contributed by atoms with E-state index in [-0.39, 0.29) is 22.0 Å². The van der Waals surface area contributed by atoms with Crippen LogP contribution in [0, 0.1) is 0 Å². The number of ether oxygens (including phenoxy) is 1. The van der Waals surface area contributed by atoms with Gasteiger partial charge in [-0.2, -0.15) is 0 Å². The van der Waals surface area contributed by atoms with E-state index in [1.165, 1.54) is 17.2 Å². The SMILES string of the molecule is CC(C)(C)OC(=O)NC1CN(c2ccc(S(=O)(=O)NC(=O)Nc3c4c(cc5c3CCC5)CCC4)c3nonc23)C1. The summed E-state index contributed by atoms with van der Waals surface area (Å²) in [6, 6.07) is 4.26. The minimum atomic E-state index is -4.30. The lowest BCUT2D eigenvalue weighted by Gasteiger charge is -2.41. The lowest BCUT2D eigenvalue weighted by Crippen LogP contribution is -2.60. The second-order valence-corrected chi connectivity index (χ2v) is 13.2. The summed E-state index contributed by atoms with van der Waals surface area (Å²) < 4.78 is 39.0. The minimum Gasteiger partial charge on any atom is -0.444 e. The summed E-state index contributed by atoms with van der Waals surface area (Å²) in [7, 11) is -4.30. The van der Waals surface area contributed by atoms with Gasteiger partial charge in [0.2, 0.25) is 0 Å². The zero-order valence-corrected chi connectivity index (χ0v) is 23.5. The molecule has 6 rings (SSSR count). The number of hydrogen-bond acceptors (Lipinski definition) is 9. The summed E-state index contributed by atoms with van der Waals surface area (Å²) in [5.74, 6) is 0. The number of aromatic nitrogens is 2. The lowest BCUT2D eigenvalue weighted by atomic mass is 9.99. The zero-order valence-electron chi connectivity index (χ0n) is 22.7. The Hall–Kier alpha value is -3.87. The summed E-state index contributed by atoms with van der Waals surface area (Å²) in [5.41, 5.74) is 5.71. The quantitative estimate of drug-likeness (QED) is 0.420. The van der Waals surface area contributed by atoms with Crippen LogP contribution in [0.25, 0.3) is 11.0 Å². The highest BCUT2D eigenvalue weighted by atomic mass is 32.2. The Morgan fingerprint density at radius 3 is 2.30 bits per heavy atom. The maximum Gasteiger partial charge on any atom is 0.407 e. The molecule has 0 radical (unpaired) electrons. The third kappa shape index (κ3) is 4.93. The van der Waals surface area contributed by atoms with Gasteiger partial charge in [0, 0.05) is 18.8 Å². The number of sulfonamides is 1. The van der Waals surface area contributed by atoms with E-state index in [1.807, 2.05) is 4.90 Å². The number of aryl methyl sites for hydroxylation is 2. The number of nitrogens with zero attached hydrogens (tertiary/aromatic N) is 3. The van der Waals surface area contributed by atoms with E-state index < -0.39 is 27.7 Å². The van der Waals surface area contributed by atoms with E-state index in [0.29, 0.717) is 18.8 Å². The third-order valence-corrected chi connectivity index (χ3v) is 8.89. The summed E-state index contributed by atoms with van der Waals surface area (Å²) in [6.07, 6.45) is 5.20. The Labute approximate surface area is 231 Å². The van der Waals surface area contributed by atoms with Crippen molar-refractivity contribution in [3.63, 3.8) is 0 Å². The summed E-state index contributed by atoms with van der Waals surface area (Å²) >= 11 is 0. The molecule has 2 aliphatic carbocycles. The number of nitrogens with one attached hydrogen (secondary N) is 3. The van der Waals surface area contributed by atoms with Gasteiger partial charge < -0.3 is 20.3 Å². The largest absolute Gasteiger partial charge is 0.444 e. The Morgan fingerprint density at radius 2 is 1.65 bits per heavy atom. The smallest absolute Gasteiger partial charge is 0.407 e. The number of urea groups is 1. The van der Waals surface area contributed by atoms with Crippen LogP contribution in [0.5, 0.6) is 0 Å². The summed E-state index contributed by atoms with van der Waals surface area (Å²) in [4.78, 5) is 26.8. The van der Waals surface area contributed by atoms with Crippen LogP contribution in [-0.2, 0) is 40.4 Å². The van der Waals surface area contributed by atoms with Crippen LogP contribution in [0.1, 0.15) is 55.9 Å².